The van der Waals surface area contributed by atoms with Crippen LogP contribution in [0.1, 0.15) is 5.56 Å². The summed E-state index contributed by atoms with van der Waals surface area (Å²) >= 11 is 6.08. The third-order valence-corrected chi connectivity index (χ3v) is 5.20. The number of carbonyl (C=O) groups excluding carboxylic acids is 1. The van der Waals surface area contributed by atoms with Crippen LogP contribution < -0.4 is 19.9 Å². The number of nitrogens with zero attached hydrogens (tertiary/aromatic N) is 1. The quantitative estimate of drug-likeness (QED) is 0.754. The van der Waals surface area contributed by atoms with Gasteiger partial charge in [-0.3, -0.25) is 4.79 Å². The first-order valence-electron chi connectivity index (χ1n) is 9.38. The number of piperazine rings is 1. The SMILES string of the molecule is COc1ccccc1CCNC(=O)C[NH+]1CCN(c2cccc(Cl)c2)CC1. The lowest BCUT2D eigenvalue weighted by Gasteiger charge is -2.33. The van der Waals surface area contributed by atoms with Crippen molar-refractivity contribution in [2.75, 3.05) is 51.3 Å². The standard InChI is InChI=1S/C21H26ClN3O2/c1-27-20-8-3-2-5-17(20)9-10-23-21(26)16-24-11-13-25(14-12-24)19-7-4-6-18(22)15-19/h2-8,15H,9-14,16H2,1H3,(H,23,26)/p+1. The van der Waals surface area contributed by atoms with Crippen LogP contribution in [0.4, 0.5) is 5.69 Å². The molecule has 5 nitrogen and oxygen atoms in total. The van der Waals surface area contributed by atoms with E-state index in [2.05, 4.69) is 16.3 Å². The van der Waals surface area contributed by atoms with E-state index in [4.69, 9.17) is 16.3 Å². The molecule has 0 radical (unpaired) electrons. The number of nitrogens with one attached hydrogen (secondary N) is 2. The second-order valence-electron chi connectivity index (χ2n) is 6.81. The molecule has 0 saturated carbocycles. The van der Waals surface area contributed by atoms with E-state index >= 15 is 0 Å². The van der Waals surface area contributed by atoms with Gasteiger partial charge in [-0.05, 0) is 36.2 Å². The van der Waals surface area contributed by atoms with Gasteiger partial charge in [0.05, 0.1) is 33.3 Å². The highest BCUT2D eigenvalue weighted by Crippen LogP contribution is 2.19. The number of carbonyl (C=O) groups is 1. The molecule has 1 fully saturated rings. The fourth-order valence-electron chi connectivity index (χ4n) is 3.47. The third kappa shape index (κ3) is 5.62. The Morgan fingerprint density at radius 3 is 2.70 bits per heavy atom. The van der Waals surface area contributed by atoms with Crippen LogP contribution >= 0.6 is 11.6 Å². The highest BCUT2D eigenvalue weighted by Gasteiger charge is 2.22. The molecule has 6 heteroatoms. The molecule has 0 atom stereocenters. The summed E-state index contributed by atoms with van der Waals surface area (Å²) in [4.78, 5) is 15.9. The van der Waals surface area contributed by atoms with Gasteiger partial charge in [0.1, 0.15) is 5.75 Å². The van der Waals surface area contributed by atoms with E-state index in [0.717, 1.165) is 54.6 Å². The molecule has 0 aliphatic carbocycles. The summed E-state index contributed by atoms with van der Waals surface area (Å²) in [6.07, 6.45) is 0.771. The molecular formula is C21H27ClN3O2+. The van der Waals surface area contributed by atoms with Crippen molar-refractivity contribution in [1.29, 1.82) is 0 Å². The Balaban J connectivity index is 1.39. The number of hydrogen-bond acceptors (Lipinski definition) is 3. The van der Waals surface area contributed by atoms with Gasteiger partial charge in [-0.1, -0.05) is 35.9 Å². The van der Waals surface area contributed by atoms with Crippen LogP contribution in [0.15, 0.2) is 48.5 Å². The van der Waals surface area contributed by atoms with Crippen molar-refractivity contribution in [3.63, 3.8) is 0 Å². The molecule has 2 N–H and O–H groups in total. The van der Waals surface area contributed by atoms with Crippen molar-refractivity contribution in [1.82, 2.24) is 5.32 Å². The summed E-state index contributed by atoms with van der Waals surface area (Å²) < 4.78 is 5.35. The van der Waals surface area contributed by atoms with Crippen molar-refractivity contribution in [2.24, 2.45) is 0 Å². The van der Waals surface area contributed by atoms with Crippen molar-refractivity contribution in [2.45, 2.75) is 6.42 Å². The monoisotopic (exact) mass is 388 g/mol. The number of amides is 1. The Kier molecular flexibility index (Phi) is 6.96. The van der Waals surface area contributed by atoms with Gasteiger partial charge in [-0.15, -0.1) is 0 Å². The lowest BCUT2D eigenvalue weighted by atomic mass is 10.1. The summed E-state index contributed by atoms with van der Waals surface area (Å²) in [5.74, 6) is 0.977. The highest BCUT2D eigenvalue weighted by atomic mass is 35.5. The number of rotatable bonds is 7. The number of anilines is 1. The number of methoxy groups -OCH3 is 1. The van der Waals surface area contributed by atoms with Gasteiger partial charge in [-0.2, -0.15) is 0 Å². The van der Waals surface area contributed by atoms with Gasteiger partial charge in [0.25, 0.3) is 5.91 Å². The van der Waals surface area contributed by atoms with Gasteiger partial charge in [0.2, 0.25) is 0 Å². The van der Waals surface area contributed by atoms with E-state index in [1.807, 2.05) is 42.5 Å². The Morgan fingerprint density at radius 1 is 1.19 bits per heavy atom. The minimum absolute atomic E-state index is 0.108. The molecule has 1 aliphatic rings. The molecule has 1 amide bonds. The largest absolute Gasteiger partial charge is 0.496 e. The molecule has 1 saturated heterocycles. The summed E-state index contributed by atoms with van der Waals surface area (Å²) in [5, 5.41) is 3.79. The minimum Gasteiger partial charge on any atom is -0.496 e. The van der Waals surface area contributed by atoms with E-state index in [1.54, 1.807) is 7.11 Å². The number of para-hydroxylation sites is 1. The van der Waals surface area contributed by atoms with E-state index in [0.29, 0.717) is 13.1 Å². The third-order valence-electron chi connectivity index (χ3n) is 4.96. The van der Waals surface area contributed by atoms with Gasteiger partial charge in [0.15, 0.2) is 6.54 Å². The lowest BCUT2D eigenvalue weighted by molar-refractivity contribution is -0.892. The minimum atomic E-state index is 0.108. The maximum absolute atomic E-state index is 12.3. The van der Waals surface area contributed by atoms with Crippen LogP contribution in [-0.2, 0) is 11.2 Å². The zero-order valence-electron chi connectivity index (χ0n) is 15.7. The zero-order chi connectivity index (χ0) is 19.1. The van der Waals surface area contributed by atoms with Crippen molar-refractivity contribution in [3.05, 3.63) is 59.1 Å². The summed E-state index contributed by atoms with van der Waals surface area (Å²) in [6, 6.07) is 15.9. The maximum atomic E-state index is 12.3. The van der Waals surface area contributed by atoms with Crippen LogP contribution in [0.2, 0.25) is 5.02 Å². The van der Waals surface area contributed by atoms with Crippen LogP contribution in [-0.4, -0.2) is 52.3 Å². The molecule has 2 aromatic rings. The van der Waals surface area contributed by atoms with Crippen molar-refractivity contribution >= 4 is 23.2 Å². The summed E-state index contributed by atoms with van der Waals surface area (Å²) in [6.45, 7) is 4.92. The van der Waals surface area contributed by atoms with Crippen LogP contribution in [0.3, 0.4) is 0 Å². The maximum Gasteiger partial charge on any atom is 0.275 e. The predicted molar refractivity (Wildman–Crippen MR) is 109 cm³/mol. The average Bonchev–Trinajstić information content (AvgIpc) is 2.69. The molecule has 0 aromatic heterocycles. The van der Waals surface area contributed by atoms with Gasteiger partial charge < -0.3 is 19.9 Å². The normalized spacial score (nSPS) is 14.8. The summed E-state index contributed by atoms with van der Waals surface area (Å²) in [7, 11) is 1.67. The van der Waals surface area contributed by atoms with Gasteiger partial charge in [0, 0.05) is 17.3 Å². The Bertz CT molecular complexity index is 761. The number of benzene rings is 2. The van der Waals surface area contributed by atoms with Crippen LogP contribution in [0.25, 0.3) is 0 Å². The molecule has 27 heavy (non-hydrogen) atoms. The Morgan fingerprint density at radius 2 is 1.96 bits per heavy atom. The second kappa shape index (κ2) is 9.62. The Labute approximate surface area is 165 Å². The average molecular weight is 389 g/mol. The lowest BCUT2D eigenvalue weighted by Crippen LogP contribution is -3.16. The van der Waals surface area contributed by atoms with Crippen molar-refractivity contribution in [3.8, 4) is 5.75 Å². The molecule has 0 bridgehead atoms. The molecule has 0 spiro atoms. The molecule has 0 unspecified atom stereocenters. The van der Waals surface area contributed by atoms with Crippen LogP contribution in [0.5, 0.6) is 5.75 Å². The number of hydrogen-bond donors (Lipinski definition) is 2. The van der Waals surface area contributed by atoms with E-state index in [9.17, 15) is 4.79 Å². The Hall–Kier alpha value is -2.24. The number of quaternary nitrogens is 1. The van der Waals surface area contributed by atoms with E-state index < -0.39 is 0 Å². The zero-order valence-corrected chi connectivity index (χ0v) is 16.5. The fraction of sp³-hybridized carbons (Fsp3) is 0.381. The first-order valence-corrected chi connectivity index (χ1v) is 9.76. The molecule has 1 aliphatic heterocycles. The molecular weight excluding hydrogens is 362 g/mol. The van der Waals surface area contributed by atoms with E-state index in [-0.39, 0.29) is 5.91 Å². The molecule has 144 valence electrons. The predicted octanol–water partition coefficient (Wildman–Crippen LogP) is 1.41. The van der Waals surface area contributed by atoms with Gasteiger partial charge >= 0.3 is 0 Å². The fourth-order valence-corrected chi connectivity index (χ4v) is 3.65. The second-order valence-corrected chi connectivity index (χ2v) is 7.24. The van der Waals surface area contributed by atoms with Crippen molar-refractivity contribution < 1.29 is 14.4 Å². The van der Waals surface area contributed by atoms with Gasteiger partial charge in [-0.25, -0.2) is 0 Å². The smallest absolute Gasteiger partial charge is 0.275 e. The summed E-state index contributed by atoms with van der Waals surface area (Å²) in [5.41, 5.74) is 2.27. The molecule has 1 heterocycles. The topological polar surface area (TPSA) is 46.0 Å². The number of ether oxygens (including phenoxy) is 1. The van der Waals surface area contributed by atoms with E-state index in [1.165, 1.54) is 4.90 Å². The number of halogens is 1. The first kappa shape index (κ1) is 19.5. The molecule has 2 aromatic carbocycles. The highest BCUT2D eigenvalue weighted by molar-refractivity contribution is 6.30. The van der Waals surface area contributed by atoms with Crippen LogP contribution in [0, 0.1) is 0 Å². The molecule has 3 rings (SSSR count). The first-order chi connectivity index (χ1) is 13.2.